The maximum absolute atomic E-state index is 12.3. The lowest BCUT2D eigenvalue weighted by Crippen LogP contribution is -2.25. The highest BCUT2D eigenvalue weighted by atomic mass is 16.1. The molecule has 3 aromatic heterocycles. The standard InChI is InChI=1S/C20H16N4O2/c1-14-7-9-18-21-16(11-20(26)23(18)12-14)13-24-19(25)10-8-17(22-24)15-5-3-2-4-6-15/h2-12H,13H2,1H3. The second-order valence-electron chi connectivity index (χ2n) is 6.10. The molecule has 1 aromatic carbocycles. The van der Waals surface area contributed by atoms with Gasteiger partial charge in [-0.2, -0.15) is 5.10 Å². The van der Waals surface area contributed by atoms with E-state index in [0.29, 0.717) is 17.0 Å². The van der Waals surface area contributed by atoms with Crippen molar-refractivity contribution in [1.29, 1.82) is 0 Å². The van der Waals surface area contributed by atoms with E-state index in [1.54, 1.807) is 18.3 Å². The third-order valence-corrected chi connectivity index (χ3v) is 4.11. The van der Waals surface area contributed by atoms with Crippen LogP contribution in [0.3, 0.4) is 0 Å². The van der Waals surface area contributed by atoms with Gasteiger partial charge in [0.2, 0.25) is 0 Å². The molecule has 0 aliphatic carbocycles. The van der Waals surface area contributed by atoms with Crippen LogP contribution in [0.4, 0.5) is 0 Å². The number of rotatable bonds is 3. The van der Waals surface area contributed by atoms with Crippen LogP contribution in [0.5, 0.6) is 0 Å². The quantitative estimate of drug-likeness (QED) is 0.572. The second kappa shape index (κ2) is 6.40. The van der Waals surface area contributed by atoms with Crippen LogP contribution in [0.1, 0.15) is 11.3 Å². The van der Waals surface area contributed by atoms with Crippen molar-refractivity contribution in [2.24, 2.45) is 0 Å². The van der Waals surface area contributed by atoms with Crippen molar-refractivity contribution in [3.63, 3.8) is 0 Å². The molecule has 0 N–H and O–H groups in total. The molecule has 128 valence electrons. The summed E-state index contributed by atoms with van der Waals surface area (Å²) in [4.78, 5) is 29.0. The first-order chi connectivity index (χ1) is 12.6. The minimum absolute atomic E-state index is 0.138. The Kier molecular flexibility index (Phi) is 3.93. The summed E-state index contributed by atoms with van der Waals surface area (Å²) in [5.74, 6) is 0. The summed E-state index contributed by atoms with van der Waals surface area (Å²) < 4.78 is 2.82. The van der Waals surface area contributed by atoms with E-state index in [2.05, 4.69) is 10.1 Å². The van der Waals surface area contributed by atoms with Crippen LogP contribution < -0.4 is 11.1 Å². The zero-order valence-electron chi connectivity index (χ0n) is 14.2. The Hall–Kier alpha value is -3.54. The SMILES string of the molecule is Cc1ccc2nc(Cn3nc(-c4ccccc4)ccc3=O)cc(=O)n2c1. The summed E-state index contributed by atoms with van der Waals surface area (Å²) in [6.07, 6.45) is 1.74. The lowest BCUT2D eigenvalue weighted by Gasteiger charge is -2.08. The van der Waals surface area contributed by atoms with Crippen LogP contribution >= 0.6 is 0 Å². The first-order valence-corrected chi connectivity index (χ1v) is 8.23. The number of aryl methyl sites for hydroxylation is 1. The Morgan fingerprint density at radius 2 is 1.73 bits per heavy atom. The van der Waals surface area contributed by atoms with Gasteiger partial charge < -0.3 is 0 Å². The minimum Gasteiger partial charge on any atom is -0.269 e. The molecule has 0 saturated carbocycles. The topological polar surface area (TPSA) is 69.3 Å². The molecule has 6 nitrogen and oxygen atoms in total. The van der Waals surface area contributed by atoms with Crippen molar-refractivity contribution in [1.82, 2.24) is 19.2 Å². The number of benzene rings is 1. The van der Waals surface area contributed by atoms with Crippen LogP contribution in [0.2, 0.25) is 0 Å². The van der Waals surface area contributed by atoms with E-state index < -0.39 is 0 Å². The fourth-order valence-corrected chi connectivity index (χ4v) is 2.82. The molecule has 0 atom stereocenters. The molecule has 4 aromatic rings. The van der Waals surface area contributed by atoms with Crippen molar-refractivity contribution >= 4 is 5.65 Å². The Bertz CT molecular complexity index is 1210. The monoisotopic (exact) mass is 344 g/mol. The smallest absolute Gasteiger partial charge is 0.267 e. The molecule has 0 saturated heterocycles. The van der Waals surface area contributed by atoms with E-state index in [4.69, 9.17) is 0 Å². The van der Waals surface area contributed by atoms with Gasteiger partial charge in [-0.25, -0.2) is 9.67 Å². The van der Waals surface area contributed by atoms with Gasteiger partial charge >= 0.3 is 0 Å². The number of aromatic nitrogens is 4. The second-order valence-corrected chi connectivity index (χ2v) is 6.10. The van der Waals surface area contributed by atoms with Crippen molar-refractivity contribution in [2.75, 3.05) is 0 Å². The molecule has 0 radical (unpaired) electrons. The third-order valence-electron chi connectivity index (χ3n) is 4.11. The molecule has 0 aliphatic rings. The highest BCUT2D eigenvalue weighted by Crippen LogP contribution is 2.14. The first-order valence-electron chi connectivity index (χ1n) is 8.23. The molecule has 4 rings (SSSR count). The molecular weight excluding hydrogens is 328 g/mol. The molecule has 0 bridgehead atoms. The normalized spacial score (nSPS) is 11.0. The van der Waals surface area contributed by atoms with Crippen LogP contribution in [-0.4, -0.2) is 19.2 Å². The van der Waals surface area contributed by atoms with E-state index in [9.17, 15) is 9.59 Å². The van der Waals surface area contributed by atoms with Gasteiger partial charge in [0.15, 0.2) is 0 Å². The molecule has 0 aliphatic heterocycles. The number of fused-ring (bicyclic) bond motifs is 1. The summed E-state index contributed by atoms with van der Waals surface area (Å²) >= 11 is 0. The molecule has 6 heteroatoms. The van der Waals surface area contributed by atoms with Gasteiger partial charge in [0, 0.05) is 23.9 Å². The largest absolute Gasteiger partial charge is 0.269 e. The van der Waals surface area contributed by atoms with E-state index in [0.717, 1.165) is 11.1 Å². The highest BCUT2D eigenvalue weighted by Gasteiger charge is 2.07. The van der Waals surface area contributed by atoms with E-state index in [1.165, 1.54) is 21.2 Å². The maximum atomic E-state index is 12.3. The van der Waals surface area contributed by atoms with Crippen LogP contribution in [0.25, 0.3) is 16.9 Å². The first kappa shape index (κ1) is 16.0. The molecule has 0 fully saturated rings. The highest BCUT2D eigenvalue weighted by molar-refractivity contribution is 5.57. The van der Waals surface area contributed by atoms with Crippen LogP contribution in [-0.2, 0) is 6.54 Å². The van der Waals surface area contributed by atoms with Gasteiger partial charge in [-0.15, -0.1) is 0 Å². The predicted molar refractivity (Wildman–Crippen MR) is 99.2 cm³/mol. The summed E-state index contributed by atoms with van der Waals surface area (Å²) in [6, 6.07) is 17.9. The summed E-state index contributed by atoms with van der Waals surface area (Å²) in [6.45, 7) is 2.05. The minimum atomic E-state index is -0.240. The van der Waals surface area contributed by atoms with Gasteiger partial charge in [-0.1, -0.05) is 36.4 Å². The number of pyridine rings is 1. The summed E-state index contributed by atoms with van der Waals surface area (Å²) in [7, 11) is 0. The predicted octanol–water partition coefficient (Wildman–Crippen LogP) is 2.27. The van der Waals surface area contributed by atoms with Gasteiger partial charge in [0.1, 0.15) is 5.65 Å². The fourth-order valence-electron chi connectivity index (χ4n) is 2.82. The van der Waals surface area contributed by atoms with Crippen molar-refractivity contribution < 1.29 is 0 Å². The van der Waals surface area contributed by atoms with E-state index in [-0.39, 0.29) is 17.7 Å². The Labute approximate surface area is 149 Å². The van der Waals surface area contributed by atoms with Crippen molar-refractivity contribution in [3.05, 3.63) is 98.8 Å². The van der Waals surface area contributed by atoms with Gasteiger partial charge in [-0.05, 0) is 24.6 Å². The van der Waals surface area contributed by atoms with Crippen molar-refractivity contribution in [3.8, 4) is 11.3 Å². The molecule has 0 spiro atoms. The lowest BCUT2D eigenvalue weighted by molar-refractivity contribution is 0.630. The average Bonchev–Trinajstić information content (AvgIpc) is 2.65. The van der Waals surface area contributed by atoms with E-state index in [1.807, 2.05) is 43.3 Å². The van der Waals surface area contributed by atoms with Gasteiger partial charge in [-0.3, -0.25) is 14.0 Å². The maximum Gasteiger partial charge on any atom is 0.267 e. The fraction of sp³-hybridized carbons (Fsp3) is 0.100. The average molecular weight is 344 g/mol. The zero-order chi connectivity index (χ0) is 18.1. The molecule has 3 heterocycles. The number of hydrogen-bond acceptors (Lipinski definition) is 4. The molecule has 26 heavy (non-hydrogen) atoms. The number of hydrogen-bond donors (Lipinski definition) is 0. The van der Waals surface area contributed by atoms with E-state index >= 15 is 0 Å². The van der Waals surface area contributed by atoms with Crippen LogP contribution in [0.15, 0.2) is 76.4 Å². The Balaban J connectivity index is 1.76. The molecule has 0 amide bonds. The van der Waals surface area contributed by atoms with Gasteiger partial charge in [0.25, 0.3) is 11.1 Å². The molecule has 0 unspecified atom stereocenters. The summed E-state index contributed by atoms with van der Waals surface area (Å²) in [5, 5.41) is 4.42. The Morgan fingerprint density at radius 1 is 0.923 bits per heavy atom. The Morgan fingerprint density at radius 3 is 2.54 bits per heavy atom. The number of nitrogens with zero attached hydrogens (tertiary/aromatic N) is 4. The van der Waals surface area contributed by atoms with Gasteiger partial charge in [0.05, 0.1) is 17.9 Å². The van der Waals surface area contributed by atoms with Crippen molar-refractivity contribution in [2.45, 2.75) is 13.5 Å². The lowest BCUT2D eigenvalue weighted by atomic mass is 10.1. The third kappa shape index (κ3) is 3.04. The summed E-state index contributed by atoms with van der Waals surface area (Å²) in [5.41, 5.74) is 3.21. The molecular formula is C20H16N4O2. The zero-order valence-corrected chi connectivity index (χ0v) is 14.2. The van der Waals surface area contributed by atoms with Crippen LogP contribution in [0, 0.1) is 6.92 Å².